The van der Waals surface area contributed by atoms with Gasteiger partial charge in [-0.15, -0.1) is 0 Å². The molecule has 0 aliphatic heterocycles. The second-order valence-corrected chi connectivity index (χ2v) is 5.97. The molecule has 0 heterocycles. The molecule has 2 rings (SSSR count). The first-order valence-electron chi connectivity index (χ1n) is 8.09. The molecule has 0 spiro atoms. The van der Waals surface area contributed by atoms with Gasteiger partial charge in [0, 0.05) is 25.2 Å². The number of nitrogens with one attached hydrogen (secondary N) is 2. The van der Waals surface area contributed by atoms with Crippen molar-refractivity contribution in [2.75, 3.05) is 14.1 Å². The SMILES string of the molecule is CNC(=O)C(C(=O)NO)N(C)C(=O)c1ccc(-c2ccc(C)cc2F)cc1. The van der Waals surface area contributed by atoms with Crippen LogP contribution in [0, 0.1) is 12.7 Å². The highest BCUT2D eigenvalue weighted by Crippen LogP contribution is 2.24. The molecule has 8 heteroatoms. The van der Waals surface area contributed by atoms with Gasteiger partial charge < -0.3 is 10.2 Å². The number of amides is 3. The van der Waals surface area contributed by atoms with Crippen LogP contribution in [0.15, 0.2) is 42.5 Å². The van der Waals surface area contributed by atoms with Crippen LogP contribution in [0.3, 0.4) is 0 Å². The summed E-state index contributed by atoms with van der Waals surface area (Å²) in [6.45, 7) is 1.79. The predicted octanol–water partition coefficient (Wildman–Crippen LogP) is 1.49. The smallest absolute Gasteiger partial charge is 0.275 e. The first-order valence-corrected chi connectivity index (χ1v) is 8.09. The highest BCUT2D eigenvalue weighted by atomic mass is 19.1. The number of halogens is 1. The minimum absolute atomic E-state index is 0.202. The number of hydrogen-bond acceptors (Lipinski definition) is 4. The number of aryl methyl sites for hydroxylation is 1. The third-order valence-electron chi connectivity index (χ3n) is 4.13. The number of carbonyl (C=O) groups excluding carboxylic acids is 3. The van der Waals surface area contributed by atoms with E-state index in [0.29, 0.717) is 11.1 Å². The zero-order valence-corrected chi connectivity index (χ0v) is 15.1. The number of benzene rings is 2. The Labute approximate surface area is 155 Å². The largest absolute Gasteiger partial charge is 0.357 e. The van der Waals surface area contributed by atoms with Gasteiger partial charge in [0.1, 0.15) is 5.82 Å². The van der Waals surface area contributed by atoms with E-state index in [4.69, 9.17) is 5.21 Å². The molecule has 0 radical (unpaired) electrons. The quantitative estimate of drug-likeness (QED) is 0.420. The predicted molar refractivity (Wildman–Crippen MR) is 96.5 cm³/mol. The summed E-state index contributed by atoms with van der Waals surface area (Å²) < 4.78 is 14.1. The molecule has 3 amide bonds. The first kappa shape index (κ1) is 20.1. The Morgan fingerprint density at radius 1 is 1.07 bits per heavy atom. The average molecular weight is 373 g/mol. The molecule has 3 N–H and O–H groups in total. The maximum absolute atomic E-state index is 14.1. The number of hydroxylamine groups is 1. The molecule has 2 aromatic carbocycles. The Morgan fingerprint density at radius 3 is 2.22 bits per heavy atom. The second kappa shape index (κ2) is 8.41. The van der Waals surface area contributed by atoms with Gasteiger partial charge in [-0.1, -0.05) is 24.3 Å². The van der Waals surface area contributed by atoms with Gasteiger partial charge in [-0.2, -0.15) is 0 Å². The molecule has 1 atom stereocenters. The van der Waals surface area contributed by atoms with Crippen molar-refractivity contribution in [2.24, 2.45) is 0 Å². The van der Waals surface area contributed by atoms with Crippen LogP contribution in [0.5, 0.6) is 0 Å². The van der Waals surface area contributed by atoms with E-state index in [1.807, 2.05) is 0 Å². The van der Waals surface area contributed by atoms with Crippen molar-refractivity contribution in [2.45, 2.75) is 13.0 Å². The van der Waals surface area contributed by atoms with Crippen molar-refractivity contribution in [3.05, 3.63) is 59.4 Å². The molecule has 0 fully saturated rings. The lowest BCUT2D eigenvalue weighted by molar-refractivity contribution is -0.140. The third kappa shape index (κ3) is 4.29. The van der Waals surface area contributed by atoms with Gasteiger partial charge >= 0.3 is 0 Å². The van der Waals surface area contributed by atoms with E-state index in [-0.39, 0.29) is 11.4 Å². The van der Waals surface area contributed by atoms with Gasteiger partial charge in [-0.05, 0) is 36.2 Å². The highest BCUT2D eigenvalue weighted by molar-refractivity contribution is 6.08. The van der Waals surface area contributed by atoms with E-state index in [2.05, 4.69) is 5.32 Å². The van der Waals surface area contributed by atoms with Crippen LogP contribution in [-0.4, -0.2) is 48.0 Å². The number of carbonyl (C=O) groups is 3. The lowest BCUT2D eigenvalue weighted by atomic mass is 10.0. The van der Waals surface area contributed by atoms with Crippen LogP contribution >= 0.6 is 0 Å². The van der Waals surface area contributed by atoms with Crippen molar-refractivity contribution >= 4 is 17.7 Å². The molecule has 0 saturated carbocycles. The van der Waals surface area contributed by atoms with E-state index in [9.17, 15) is 18.8 Å². The van der Waals surface area contributed by atoms with Gasteiger partial charge in [0.25, 0.3) is 17.7 Å². The Kier molecular flexibility index (Phi) is 6.25. The average Bonchev–Trinajstić information content (AvgIpc) is 2.67. The number of likely N-dealkylation sites (N-methyl/N-ethyl adjacent to an activating group) is 2. The maximum Gasteiger partial charge on any atom is 0.275 e. The van der Waals surface area contributed by atoms with Crippen molar-refractivity contribution in [3.8, 4) is 11.1 Å². The summed E-state index contributed by atoms with van der Waals surface area (Å²) in [7, 11) is 2.58. The van der Waals surface area contributed by atoms with Gasteiger partial charge in [0.2, 0.25) is 0 Å². The molecule has 0 saturated heterocycles. The van der Waals surface area contributed by atoms with E-state index < -0.39 is 23.8 Å². The molecular formula is C19H20FN3O4. The fourth-order valence-corrected chi connectivity index (χ4v) is 2.64. The van der Waals surface area contributed by atoms with Crippen LogP contribution < -0.4 is 10.8 Å². The van der Waals surface area contributed by atoms with Crippen molar-refractivity contribution < 1.29 is 24.0 Å². The second-order valence-electron chi connectivity index (χ2n) is 5.97. The Morgan fingerprint density at radius 2 is 1.70 bits per heavy atom. The molecule has 0 aromatic heterocycles. The Hall–Kier alpha value is -3.26. The number of nitrogens with zero attached hydrogens (tertiary/aromatic N) is 1. The number of hydrogen-bond donors (Lipinski definition) is 3. The Bertz CT molecular complexity index is 852. The van der Waals surface area contributed by atoms with Crippen molar-refractivity contribution in [3.63, 3.8) is 0 Å². The fourth-order valence-electron chi connectivity index (χ4n) is 2.64. The molecule has 7 nitrogen and oxygen atoms in total. The van der Waals surface area contributed by atoms with Crippen LogP contribution in [0.1, 0.15) is 15.9 Å². The van der Waals surface area contributed by atoms with E-state index in [1.165, 1.54) is 37.8 Å². The van der Waals surface area contributed by atoms with E-state index in [1.54, 1.807) is 31.2 Å². The molecule has 0 aliphatic carbocycles. The molecule has 0 aliphatic rings. The number of rotatable bonds is 5. The minimum Gasteiger partial charge on any atom is -0.357 e. The van der Waals surface area contributed by atoms with Gasteiger partial charge in [-0.3, -0.25) is 19.6 Å². The van der Waals surface area contributed by atoms with Crippen LogP contribution in [0.25, 0.3) is 11.1 Å². The van der Waals surface area contributed by atoms with Crippen LogP contribution in [0.4, 0.5) is 4.39 Å². The van der Waals surface area contributed by atoms with Gasteiger partial charge in [-0.25, -0.2) is 9.87 Å². The van der Waals surface area contributed by atoms with Crippen molar-refractivity contribution in [1.82, 2.24) is 15.7 Å². The van der Waals surface area contributed by atoms with Crippen LogP contribution in [-0.2, 0) is 9.59 Å². The van der Waals surface area contributed by atoms with E-state index >= 15 is 0 Å². The topological polar surface area (TPSA) is 98.7 Å². The summed E-state index contributed by atoms with van der Waals surface area (Å²) in [6.07, 6.45) is 0. The zero-order chi connectivity index (χ0) is 20.1. The lowest BCUT2D eigenvalue weighted by Crippen LogP contribution is -2.54. The summed E-state index contributed by atoms with van der Waals surface area (Å²) in [5.41, 5.74) is 3.36. The zero-order valence-electron chi connectivity index (χ0n) is 15.1. The monoisotopic (exact) mass is 373 g/mol. The summed E-state index contributed by atoms with van der Waals surface area (Å²) in [6, 6.07) is 9.43. The summed E-state index contributed by atoms with van der Waals surface area (Å²) in [5, 5.41) is 11.1. The molecule has 27 heavy (non-hydrogen) atoms. The summed E-state index contributed by atoms with van der Waals surface area (Å²) in [5.74, 6) is -2.77. The maximum atomic E-state index is 14.1. The lowest BCUT2D eigenvalue weighted by Gasteiger charge is -2.25. The van der Waals surface area contributed by atoms with Gasteiger partial charge in [0.05, 0.1) is 0 Å². The first-order chi connectivity index (χ1) is 12.8. The van der Waals surface area contributed by atoms with Gasteiger partial charge in [0.15, 0.2) is 6.04 Å². The third-order valence-corrected chi connectivity index (χ3v) is 4.13. The molecule has 0 bridgehead atoms. The summed E-state index contributed by atoms with van der Waals surface area (Å²) >= 11 is 0. The standard InChI is InChI=1S/C19H20FN3O4/c1-11-4-9-14(15(20)10-11)12-5-7-13(8-6-12)19(26)23(3)16(17(24)21-2)18(25)22-27/h4-10,16,27H,1-3H3,(H,21,24)(H,22,25). The van der Waals surface area contributed by atoms with Crippen molar-refractivity contribution in [1.29, 1.82) is 0 Å². The fraction of sp³-hybridized carbons (Fsp3) is 0.211. The van der Waals surface area contributed by atoms with E-state index in [0.717, 1.165) is 10.5 Å². The normalized spacial score (nSPS) is 11.4. The summed E-state index contributed by atoms with van der Waals surface area (Å²) in [4.78, 5) is 37.1. The molecular weight excluding hydrogens is 353 g/mol. The molecule has 1 unspecified atom stereocenters. The Balaban J connectivity index is 2.28. The molecule has 142 valence electrons. The van der Waals surface area contributed by atoms with Crippen LogP contribution in [0.2, 0.25) is 0 Å². The minimum atomic E-state index is -1.54. The highest BCUT2D eigenvalue weighted by Gasteiger charge is 2.33. The molecule has 2 aromatic rings.